The van der Waals surface area contributed by atoms with Crippen molar-refractivity contribution in [2.75, 3.05) is 0 Å². The number of carboxylic acids is 1. The van der Waals surface area contributed by atoms with Crippen LogP contribution in [0.15, 0.2) is 6.07 Å². The Balaban J connectivity index is 2.74. The third kappa shape index (κ3) is 2.84. The van der Waals surface area contributed by atoms with Gasteiger partial charge in [-0.2, -0.15) is 0 Å². The molecule has 0 amide bonds. The van der Waals surface area contributed by atoms with Gasteiger partial charge in [-0.05, 0) is 11.6 Å². The van der Waals surface area contributed by atoms with Gasteiger partial charge >= 0.3 is 5.97 Å². The molecule has 0 bridgehead atoms. The molecule has 1 heterocycles. The third-order valence-electron chi connectivity index (χ3n) is 1.48. The lowest BCUT2D eigenvalue weighted by Gasteiger charge is -2.03. The van der Waals surface area contributed by atoms with Crippen LogP contribution >= 0.6 is 34.5 Å². The van der Waals surface area contributed by atoms with Crippen molar-refractivity contribution in [3.8, 4) is 0 Å². The average Bonchev–Trinajstić information content (AvgIpc) is 2.30. The molecule has 0 saturated carbocycles. The number of halogens is 2. The van der Waals surface area contributed by atoms with Gasteiger partial charge in [0, 0.05) is 6.42 Å². The summed E-state index contributed by atoms with van der Waals surface area (Å²) >= 11 is 12.7. The first kappa shape index (κ1) is 10.8. The van der Waals surface area contributed by atoms with Crippen molar-refractivity contribution >= 4 is 40.5 Å². The molecule has 1 rings (SSSR count). The summed E-state index contributed by atoms with van der Waals surface area (Å²) in [5.74, 6) is -1.04. The number of hydrogen-bond donors (Lipinski definition) is 2. The standard InChI is InChI=1S/C7H7Cl2NO2S/c8-5-2-3(6(9)13-5)1-4(10)7(11)12/h2,4H,1,10H2,(H,11,12)/t4-/m0/s1. The van der Waals surface area contributed by atoms with E-state index in [0.717, 1.165) is 0 Å². The zero-order valence-corrected chi connectivity index (χ0v) is 8.79. The highest BCUT2D eigenvalue weighted by atomic mass is 35.5. The summed E-state index contributed by atoms with van der Waals surface area (Å²) in [4.78, 5) is 10.4. The van der Waals surface area contributed by atoms with Crippen LogP contribution in [-0.2, 0) is 11.2 Å². The van der Waals surface area contributed by atoms with Crippen molar-refractivity contribution in [3.05, 3.63) is 20.3 Å². The van der Waals surface area contributed by atoms with Crippen LogP contribution in [0.2, 0.25) is 8.67 Å². The molecule has 3 N–H and O–H groups in total. The molecule has 72 valence electrons. The Labute approximate surface area is 89.1 Å². The number of rotatable bonds is 3. The molecule has 1 aromatic rings. The second-order valence-corrected chi connectivity index (χ2v) is 4.78. The average molecular weight is 240 g/mol. The van der Waals surface area contributed by atoms with Crippen LogP contribution < -0.4 is 5.73 Å². The number of carbonyl (C=O) groups is 1. The Hall–Kier alpha value is -0.290. The monoisotopic (exact) mass is 239 g/mol. The minimum absolute atomic E-state index is 0.206. The summed E-state index contributed by atoms with van der Waals surface area (Å²) in [7, 11) is 0. The summed E-state index contributed by atoms with van der Waals surface area (Å²) in [6.45, 7) is 0. The number of thiophene rings is 1. The van der Waals surface area contributed by atoms with Gasteiger partial charge in [-0.15, -0.1) is 11.3 Å². The molecule has 6 heteroatoms. The Bertz CT molecular complexity index is 326. The van der Waals surface area contributed by atoms with Gasteiger partial charge in [0.15, 0.2) is 0 Å². The fourth-order valence-electron chi connectivity index (χ4n) is 0.838. The first-order valence-electron chi connectivity index (χ1n) is 3.43. The molecule has 0 radical (unpaired) electrons. The highest BCUT2D eigenvalue weighted by molar-refractivity contribution is 7.20. The van der Waals surface area contributed by atoms with Crippen LogP contribution in [0.25, 0.3) is 0 Å². The summed E-state index contributed by atoms with van der Waals surface area (Å²) in [5.41, 5.74) is 6.02. The van der Waals surface area contributed by atoms with Gasteiger partial charge in [-0.25, -0.2) is 0 Å². The molecule has 0 aromatic carbocycles. The van der Waals surface area contributed by atoms with Gasteiger partial charge < -0.3 is 10.8 Å². The Kier molecular flexibility index (Phi) is 3.55. The fraction of sp³-hybridized carbons (Fsp3) is 0.286. The van der Waals surface area contributed by atoms with E-state index in [1.807, 2.05) is 0 Å². The molecule has 0 unspecified atom stereocenters. The van der Waals surface area contributed by atoms with Crippen LogP contribution in [0.5, 0.6) is 0 Å². The summed E-state index contributed by atoms with van der Waals surface area (Å²) in [6, 6.07) is 0.709. The van der Waals surface area contributed by atoms with E-state index < -0.39 is 12.0 Å². The van der Waals surface area contributed by atoms with Crippen molar-refractivity contribution in [2.45, 2.75) is 12.5 Å². The second kappa shape index (κ2) is 4.28. The fourth-order valence-corrected chi connectivity index (χ4v) is 2.35. The molecule has 0 saturated heterocycles. The largest absolute Gasteiger partial charge is 0.480 e. The maximum atomic E-state index is 10.4. The minimum Gasteiger partial charge on any atom is -0.480 e. The van der Waals surface area contributed by atoms with Gasteiger partial charge in [-0.3, -0.25) is 4.79 Å². The van der Waals surface area contributed by atoms with Crippen molar-refractivity contribution in [1.29, 1.82) is 0 Å². The molecule has 3 nitrogen and oxygen atoms in total. The number of hydrogen-bond acceptors (Lipinski definition) is 3. The summed E-state index contributed by atoms with van der Waals surface area (Å²) < 4.78 is 1.04. The lowest BCUT2D eigenvalue weighted by molar-refractivity contribution is -0.138. The zero-order valence-electron chi connectivity index (χ0n) is 6.46. The van der Waals surface area contributed by atoms with E-state index >= 15 is 0 Å². The predicted molar refractivity (Wildman–Crippen MR) is 53.7 cm³/mol. The molecule has 13 heavy (non-hydrogen) atoms. The van der Waals surface area contributed by atoms with Crippen LogP contribution in [0.1, 0.15) is 5.56 Å². The first-order chi connectivity index (χ1) is 6.00. The van der Waals surface area contributed by atoms with E-state index in [0.29, 0.717) is 14.2 Å². The maximum absolute atomic E-state index is 10.4. The van der Waals surface area contributed by atoms with E-state index in [2.05, 4.69) is 0 Å². The highest BCUT2D eigenvalue weighted by Gasteiger charge is 2.15. The van der Waals surface area contributed by atoms with Crippen molar-refractivity contribution in [2.24, 2.45) is 5.73 Å². The molecule has 0 aliphatic rings. The number of carboxylic acid groups (broad SMARTS) is 1. The smallest absolute Gasteiger partial charge is 0.320 e. The van der Waals surface area contributed by atoms with Crippen LogP contribution in [-0.4, -0.2) is 17.1 Å². The zero-order chi connectivity index (χ0) is 10.0. The number of nitrogens with two attached hydrogens (primary N) is 1. The first-order valence-corrected chi connectivity index (χ1v) is 5.00. The van der Waals surface area contributed by atoms with Gasteiger partial charge in [0.1, 0.15) is 6.04 Å². The lowest BCUT2D eigenvalue weighted by atomic mass is 10.1. The molecule has 0 spiro atoms. The SMILES string of the molecule is N[C@@H](Cc1cc(Cl)sc1Cl)C(=O)O. The normalized spacial score (nSPS) is 12.8. The van der Waals surface area contributed by atoms with Gasteiger partial charge in [-0.1, -0.05) is 23.2 Å². The Morgan fingerprint density at radius 3 is 2.69 bits per heavy atom. The maximum Gasteiger partial charge on any atom is 0.320 e. The third-order valence-corrected chi connectivity index (χ3v) is 3.05. The number of aliphatic carboxylic acids is 1. The lowest BCUT2D eigenvalue weighted by Crippen LogP contribution is -2.32. The Morgan fingerprint density at radius 2 is 2.31 bits per heavy atom. The van der Waals surface area contributed by atoms with E-state index in [1.54, 1.807) is 6.07 Å². The highest BCUT2D eigenvalue weighted by Crippen LogP contribution is 2.31. The molecule has 0 aliphatic carbocycles. The second-order valence-electron chi connectivity index (χ2n) is 2.50. The summed E-state index contributed by atoms with van der Waals surface area (Å²) in [6.07, 6.45) is 0.206. The predicted octanol–water partition coefficient (Wildman–Crippen LogP) is 2.01. The quantitative estimate of drug-likeness (QED) is 0.849. The minimum atomic E-state index is -1.04. The van der Waals surface area contributed by atoms with Gasteiger partial charge in [0.2, 0.25) is 0 Å². The van der Waals surface area contributed by atoms with Crippen molar-refractivity contribution in [3.63, 3.8) is 0 Å². The van der Waals surface area contributed by atoms with Crippen molar-refractivity contribution < 1.29 is 9.90 Å². The van der Waals surface area contributed by atoms with Crippen LogP contribution in [0.3, 0.4) is 0 Å². The van der Waals surface area contributed by atoms with Gasteiger partial charge in [0.05, 0.1) is 8.67 Å². The van der Waals surface area contributed by atoms with Crippen LogP contribution in [0, 0.1) is 0 Å². The van der Waals surface area contributed by atoms with E-state index in [-0.39, 0.29) is 6.42 Å². The summed E-state index contributed by atoms with van der Waals surface area (Å²) in [5, 5.41) is 8.54. The molecule has 0 aliphatic heterocycles. The van der Waals surface area contributed by atoms with Crippen molar-refractivity contribution in [1.82, 2.24) is 0 Å². The molecular weight excluding hydrogens is 233 g/mol. The molecule has 0 fully saturated rings. The Morgan fingerprint density at radius 1 is 1.69 bits per heavy atom. The van der Waals surface area contributed by atoms with Gasteiger partial charge in [0.25, 0.3) is 0 Å². The van der Waals surface area contributed by atoms with E-state index in [4.69, 9.17) is 34.0 Å². The molecule has 1 atom stereocenters. The molecule has 1 aromatic heterocycles. The topological polar surface area (TPSA) is 63.3 Å². The van der Waals surface area contributed by atoms with Crippen LogP contribution in [0.4, 0.5) is 0 Å². The van der Waals surface area contributed by atoms with E-state index in [1.165, 1.54) is 11.3 Å². The van der Waals surface area contributed by atoms with E-state index in [9.17, 15) is 4.79 Å². The molecular formula is C7H7Cl2NO2S.